The van der Waals surface area contributed by atoms with E-state index in [0.29, 0.717) is 11.9 Å². The lowest BCUT2D eigenvalue weighted by Gasteiger charge is -2.26. The maximum atomic E-state index is 9.19. The van der Waals surface area contributed by atoms with Gasteiger partial charge in [0.25, 0.3) is 0 Å². The van der Waals surface area contributed by atoms with E-state index in [4.69, 9.17) is 4.74 Å². The van der Waals surface area contributed by atoms with Gasteiger partial charge in [0, 0.05) is 44.2 Å². The predicted molar refractivity (Wildman–Crippen MR) is 89.9 cm³/mol. The molecule has 2 heterocycles. The summed E-state index contributed by atoms with van der Waals surface area (Å²) in [5, 5.41) is 15.8. The zero-order valence-electron chi connectivity index (χ0n) is 13.8. The van der Waals surface area contributed by atoms with Crippen LogP contribution in [0, 0.1) is 0 Å². The molecular weight excluding hydrogens is 294 g/mol. The minimum absolute atomic E-state index is 0.0503. The Balaban J connectivity index is 1.58. The Morgan fingerprint density at radius 1 is 1.35 bits per heavy atom. The lowest BCUT2D eigenvalue weighted by atomic mass is 10.2. The van der Waals surface area contributed by atoms with Crippen molar-refractivity contribution < 1.29 is 9.84 Å². The number of nitrogens with zero attached hydrogens (tertiary/aromatic N) is 3. The Kier molecular flexibility index (Phi) is 5.64. The average molecular weight is 321 g/mol. The third-order valence-corrected chi connectivity index (χ3v) is 4.23. The number of anilines is 2. The predicted octanol–water partition coefficient (Wildman–Crippen LogP) is 0.891. The summed E-state index contributed by atoms with van der Waals surface area (Å²) in [7, 11) is 0. The van der Waals surface area contributed by atoms with Crippen molar-refractivity contribution in [1.82, 2.24) is 14.9 Å². The summed E-state index contributed by atoms with van der Waals surface area (Å²) in [4.78, 5) is 11.5. The van der Waals surface area contributed by atoms with Crippen molar-refractivity contribution in [3.05, 3.63) is 11.8 Å². The van der Waals surface area contributed by atoms with Crippen LogP contribution >= 0.6 is 0 Å². The van der Waals surface area contributed by atoms with Crippen molar-refractivity contribution in [3.63, 3.8) is 0 Å². The first-order valence-corrected chi connectivity index (χ1v) is 8.55. The number of hydrogen-bond donors (Lipinski definition) is 3. The van der Waals surface area contributed by atoms with Crippen LogP contribution in [0.3, 0.4) is 0 Å². The van der Waals surface area contributed by atoms with Crippen LogP contribution in [0.25, 0.3) is 0 Å². The molecule has 128 valence electrons. The van der Waals surface area contributed by atoms with Gasteiger partial charge in [0.05, 0.1) is 25.5 Å². The Bertz CT molecular complexity index is 503. The molecule has 0 unspecified atom stereocenters. The summed E-state index contributed by atoms with van der Waals surface area (Å²) in [6, 6.07) is 2.01. The molecule has 7 heteroatoms. The number of aliphatic hydroxyl groups excluding tert-OH is 1. The Labute approximate surface area is 137 Å². The summed E-state index contributed by atoms with van der Waals surface area (Å²) in [6.45, 7) is 7.48. The SMILES string of the molecule is C[C@H](CO)Nc1nc(NCCN2CCOCC2)cc(C2CC2)n1. The van der Waals surface area contributed by atoms with Crippen LogP contribution in [-0.2, 0) is 4.74 Å². The molecule has 3 N–H and O–H groups in total. The van der Waals surface area contributed by atoms with Crippen LogP contribution in [0.4, 0.5) is 11.8 Å². The highest BCUT2D eigenvalue weighted by Crippen LogP contribution is 2.39. The van der Waals surface area contributed by atoms with E-state index in [1.54, 1.807) is 0 Å². The van der Waals surface area contributed by atoms with Gasteiger partial charge in [-0.1, -0.05) is 0 Å². The van der Waals surface area contributed by atoms with E-state index >= 15 is 0 Å². The van der Waals surface area contributed by atoms with Gasteiger partial charge in [-0.25, -0.2) is 4.98 Å². The second-order valence-electron chi connectivity index (χ2n) is 6.38. The molecule has 1 atom stereocenters. The second-order valence-corrected chi connectivity index (χ2v) is 6.38. The molecule has 1 aliphatic heterocycles. The van der Waals surface area contributed by atoms with Gasteiger partial charge in [0.2, 0.25) is 5.95 Å². The Hall–Kier alpha value is -1.44. The number of morpholine rings is 1. The number of aliphatic hydroxyl groups is 1. The van der Waals surface area contributed by atoms with Crippen molar-refractivity contribution in [2.75, 3.05) is 56.6 Å². The smallest absolute Gasteiger partial charge is 0.225 e. The van der Waals surface area contributed by atoms with Crippen LogP contribution in [0.5, 0.6) is 0 Å². The van der Waals surface area contributed by atoms with Crippen LogP contribution in [0.2, 0.25) is 0 Å². The first-order valence-electron chi connectivity index (χ1n) is 8.55. The van der Waals surface area contributed by atoms with Crippen LogP contribution in [0.15, 0.2) is 6.07 Å². The van der Waals surface area contributed by atoms with Gasteiger partial charge in [0.15, 0.2) is 0 Å². The molecule has 0 amide bonds. The van der Waals surface area contributed by atoms with E-state index in [1.807, 2.05) is 6.92 Å². The minimum atomic E-state index is -0.0503. The lowest BCUT2D eigenvalue weighted by Crippen LogP contribution is -2.39. The first kappa shape index (κ1) is 16.4. The average Bonchev–Trinajstić information content (AvgIpc) is 3.40. The van der Waals surface area contributed by atoms with E-state index in [9.17, 15) is 5.11 Å². The maximum Gasteiger partial charge on any atom is 0.225 e. The monoisotopic (exact) mass is 321 g/mol. The van der Waals surface area contributed by atoms with Crippen LogP contribution in [-0.4, -0.2) is 72.0 Å². The van der Waals surface area contributed by atoms with Gasteiger partial charge in [-0.2, -0.15) is 4.98 Å². The molecule has 23 heavy (non-hydrogen) atoms. The van der Waals surface area contributed by atoms with E-state index < -0.39 is 0 Å². The molecule has 1 aliphatic carbocycles. The molecule has 1 aromatic heterocycles. The third kappa shape index (κ3) is 5.02. The standard InChI is InChI=1S/C16H27N5O2/c1-12(11-22)18-16-19-14(13-2-3-13)10-15(20-16)17-4-5-21-6-8-23-9-7-21/h10,12-13,22H,2-9,11H2,1H3,(H2,17,18,19,20)/t12-/m1/s1. The summed E-state index contributed by atoms with van der Waals surface area (Å²) < 4.78 is 5.37. The van der Waals surface area contributed by atoms with Gasteiger partial charge < -0.3 is 20.5 Å². The number of ether oxygens (including phenoxy) is 1. The van der Waals surface area contributed by atoms with Crippen LogP contribution < -0.4 is 10.6 Å². The molecule has 0 bridgehead atoms. The zero-order valence-corrected chi connectivity index (χ0v) is 13.8. The van der Waals surface area contributed by atoms with E-state index in [2.05, 4.69) is 31.6 Å². The molecule has 0 spiro atoms. The molecule has 2 fully saturated rings. The molecule has 1 saturated carbocycles. The van der Waals surface area contributed by atoms with Crippen LogP contribution in [0.1, 0.15) is 31.4 Å². The number of hydrogen-bond acceptors (Lipinski definition) is 7. The fraction of sp³-hybridized carbons (Fsp3) is 0.750. The highest BCUT2D eigenvalue weighted by atomic mass is 16.5. The Morgan fingerprint density at radius 2 is 2.13 bits per heavy atom. The number of nitrogens with one attached hydrogen (secondary N) is 2. The maximum absolute atomic E-state index is 9.19. The summed E-state index contributed by atoms with van der Waals surface area (Å²) in [5.74, 6) is 2.04. The first-order chi connectivity index (χ1) is 11.2. The van der Waals surface area contributed by atoms with Crippen molar-refractivity contribution >= 4 is 11.8 Å². The van der Waals surface area contributed by atoms with Crippen molar-refractivity contribution in [2.24, 2.45) is 0 Å². The lowest BCUT2D eigenvalue weighted by molar-refractivity contribution is 0.0398. The van der Waals surface area contributed by atoms with E-state index in [0.717, 1.165) is 50.9 Å². The van der Waals surface area contributed by atoms with Gasteiger partial charge in [-0.3, -0.25) is 4.90 Å². The Morgan fingerprint density at radius 3 is 2.83 bits per heavy atom. The van der Waals surface area contributed by atoms with Gasteiger partial charge in [-0.05, 0) is 19.8 Å². The number of aromatic nitrogens is 2. The normalized spacial score (nSPS) is 20.3. The van der Waals surface area contributed by atoms with Gasteiger partial charge in [0.1, 0.15) is 5.82 Å². The van der Waals surface area contributed by atoms with Crippen molar-refractivity contribution in [1.29, 1.82) is 0 Å². The van der Waals surface area contributed by atoms with Gasteiger partial charge >= 0.3 is 0 Å². The minimum Gasteiger partial charge on any atom is -0.394 e. The third-order valence-electron chi connectivity index (χ3n) is 4.23. The number of rotatable bonds is 8. The summed E-state index contributed by atoms with van der Waals surface area (Å²) in [5.41, 5.74) is 1.10. The molecular formula is C16H27N5O2. The summed E-state index contributed by atoms with van der Waals surface area (Å²) in [6.07, 6.45) is 2.42. The quantitative estimate of drug-likeness (QED) is 0.656. The molecule has 1 aromatic rings. The molecule has 2 aliphatic rings. The highest BCUT2D eigenvalue weighted by Gasteiger charge is 2.26. The summed E-state index contributed by atoms with van der Waals surface area (Å²) >= 11 is 0. The topological polar surface area (TPSA) is 82.5 Å². The largest absolute Gasteiger partial charge is 0.394 e. The highest BCUT2D eigenvalue weighted by molar-refractivity contribution is 5.44. The fourth-order valence-electron chi connectivity index (χ4n) is 2.64. The van der Waals surface area contributed by atoms with Gasteiger partial charge in [-0.15, -0.1) is 0 Å². The van der Waals surface area contributed by atoms with E-state index in [-0.39, 0.29) is 12.6 Å². The van der Waals surface area contributed by atoms with Crippen molar-refractivity contribution in [3.8, 4) is 0 Å². The molecule has 0 radical (unpaired) electrons. The van der Waals surface area contributed by atoms with E-state index in [1.165, 1.54) is 12.8 Å². The molecule has 0 aromatic carbocycles. The fourth-order valence-corrected chi connectivity index (χ4v) is 2.64. The molecule has 3 rings (SSSR count). The van der Waals surface area contributed by atoms with Crippen molar-refractivity contribution in [2.45, 2.75) is 31.7 Å². The molecule has 1 saturated heterocycles. The molecule has 7 nitrogen and oxygen atoms in total. The second kappa shape index (κ2) is 7.90. The zero-order chi connectivity index (χ0) is 16.1.